The maximum atomic E-state index is 11.1. The van der Waals surface area contributed by atoms with E-state index < -0.39 is 6.35 Å². The third kappa shape index (κ3) is 0.911. The molecular weight excluding hydrogens is 158 g/mol. The molecule has 1 N–H and O–H groups in total. The summed E-state index contributed by atoms with van der Waals surface area (Å²) in [6.45, 7) is 0. The molecule has 1 aromatic carbocycles. The zero-order valence-electron chi connectivity index (χ0n) is 6.08. The molecule has 0 aliphatic carbocycles. The van der Waals surface area contributed by atoms with Crippen molar-refractivity contribution in [2.45, 2.75) is 6.35 Å². The lowest BCUT2D eigenvalue weighted by atomic mass is 10.2. The highest BCUT2D eigenvalue weighted by Crippen LogP contribution is 2.31. The van der Waals surface area contributed by atoms with E-state index in [1.807, 2.05) is 0 Å². The van der Waals surface area contributed by atoms with Crippen LogP contribution in [0.5, 0.6) is 0 Å². The first-order valence-electron chi connectivity index (χ1n) is 3.43. The normalized spacial score (nSPS) is 20.8. The molecule has 1 aliphatic heterocycles. The van der Waals surface area contributed by atoms with E-state index in [0.717, 1.165) is 0 Å². The van der Waals surface area contributed by atoms with E-state index in [1.165, 1.54) is 0 Å². The van der Waals surface area contributed by atoms with Crippen LogP contribution in [-0.4, -0.2) is 16.2 Å². The fraction of sp³-hybridized carbons (Fsp3) is 0.143. The molecule has 1 aliphatic rings. The van der Waals surface area contributed by atoms with Crippen molar-refractivity contribution in [2.24, 2.45) is 10.2 Å². The predicted octanol–water partition coefficient (Wildman–Crippen LogP) is 1.47. The summed E-state index contributed by atoms with van der Waals surface area (Å²) in [5.41, 5.74) is 0.831. The van der Waals surface area contributed by atoms with Crippen LogP contribution in [0.25, 0.3) is 0 Å². The Labute approximate surface area is 67.9 Å². The molecule has 60 valence electrons. The van der Waals surface area contributed by atoms with Crippen LogP contribution in [0.15, 0.2) is 34.5 Å². The topological polar surface area (TPSA) is 65.0 Å². The Morgan fingerprint density at radius 2 is 2.17 bits per heavy atom. The summed E-state index contributed by atoms with van der Waals surface area (Å²) in [5, 5.41) is 16.0. The summed E-state index contributed by atoms with van der Waals surface area (Å²) in [5.74, 6) is 0. The van der Waals surface area contributed by atoms with Crippen molar-refractivity contribution in [1.82, 2.24) is 0 Å². The number of azo groups is 1. The average molecular weight is 164 g/mol. The second-order valence-electron chi connectivity index (χ2n) is 2.38. The van der Waals surface area contributed by atoms with E-state index >= 15 is 0 Å². The second-order valence-corrected chi connectivity index (χ2v) is 2.38. The number of benzene rings is 1. The third-order valence-corrected chi connectivity index (χ3v) is 1.60. The van der Waals surface area contributed by atoms with Gasteiger partial charge in [0.2, 0.25) is 0 Å². The van der Waals surface area contributed by atoms with Crippen molar-refractivity contribution in [3.8, 4) is 0 Å². The first-order valence-corrected chi connectivity index (χ1v) is 3.43. The number of aliphatic hydroxyl groups excluding tert-OH is 1. The molecule has 12 heavy (non-hydrogen) atoms. The van der Waals surface area contributed by atoms with Crippen molar-refractivity contribution >= 4 is 11.4 Å². The van der Waals surface area contributed by atoms with Gasteiger partial charge in [-0.25, -0.2) is 0 Å². The maximum Gasteiger partial charge on any atom is 0.427 e. The number of rotatable bonds is 0. The van der Waals surface area contributed by atoms with Crippen LogP contribution in [0.1, 0.15) is 0 Å². The Hall–Kier alpha value is -1.62. The molecule has 1 heterocycles. The molecule has 2 rings (SSSR count). The van der Waals surface area contributed by atoms with Crippen LogP contribution in [-0.2, 0) is 0 Å². The zero-order valence-corrected chi connectivity index (χ0v) is 6.08. The summed E-state index contributed by atoms with van der Waals surface area (Å²) < 4.78 is 0.419. The number of nitrogens with zero attached hydrogens (tertiary/aromatic N) is 3. The molecule has 0 radical (unpaired) electrons. The second kappa shape index (κ2) is 2.46. The van der Waals surface area contributed by atoms with Gasteiger partial charge in [0.15, 0.2) is 5.69 Å². The van der Waals surface area contributed by atoms with E-state index in [0.29, 0.717) is 16.1 Å². The van der Waals surface area contributed by atoms with Crippen LogP contribution in [0.2, 0.25) is 0 Å². The molecular formula is C7H6N3O2+. The predicted molar refractivity (Wildman–Crippen MR) is 40.3 cm³/mol. The molecule has 0 saturated carbocycles. The number of fused-ring (bicyclic) bond motifs is 1. The van der Waals surface area contributed by atoms with Gasteiger partial charge in [-0.05, 0) is 6.07 Å². The van der Waals surface area contributed by atoms with Crippen LogP contribution in [0, 0.1) is 4.91 Å². The van der Waals surface area contributed by atoms with Gasteiger partial charge >= 0.3 is 6.35 Å². The molecule has 0 aromatic heterocycles. The summed E-state index contributed by atoms with van der Waals surface area (Å²) in [4.78, 5) is 11.1. The van der Waals surface area contributed by atoms with Crippen molar-refractivity contribution in [2.75, 3.05) is 0 Å². The van der Waals surface area contributed by atoms with Crippen molar-refractivity contribution in [1.29, 1.82) is 0 Å². The lowest BCUT2D eigenvalue weighted by Gasteiger charge is -2.02. The van der Waals surface area contributed by atoms with E-state index in [2.05, 4.69) is 10.2 Å². The summed E-state index contributed by atoms with van der Waals surface area (Å²) in [6.07, 6.45) is -1.40. The minimum absolute atomic E-state index is 0.347. The van der Waals surface area contributed by atoms with E-state index in [4.69, 9.17) is 5.11 Å². The van der Waals surface area contributed by atoms with Gasteiger partial charge in [-0.3, -0.25) is 0 Å². The summed E-state index contributed by atoms with van der Waals surface area (Å²) in [6, 6.07) is 6.71. The van der Waals surface area contributed by atoms with Gasteiger partial charge in [0.1, 0.15) is 0 Å². The van der Waals surface area contributed by atoms with Crippen molar-refractivity contribution in [3.63, 3.8) is 0 Å². The monoisotopic (exact) mass is 164 g/mol. The number of hydrogen-bond donors (Lipinski definition) is 1. The van der Waals surface area contributed by atoms with Crippen molar-refractivity contribution < 1.29 is 9.87 Å². The van der Waals surface area contributed by atoms with Gasteiger partial charge < -0.3 is 5.11 Å². The quantitative estimate of drug-likeness (QED) is 0.590. The lowest BCUT2D eigenvalue weighted by molar-refractivity contribution is -0.556. The van der Waals surface area contributed by atoms with Crippen LogP contribution >= 0.6 is 0 Å². The van der Waals surface area contributed by atoms with Crippen LogP contribution in [0.3, 0.4) is 0 Å². The minimum atomic E-state index is -1.40. The SMILES string of the molecule is O=[N+]1c2ccccc2N=NC1O. The summed E-state index contributed by atoms with van der Waals surface area (Å²) in [7, 11) is 0. The van der Waals surface area contributed by atoms with Gasteiger partial charge in [0.25, 0.3) is 5.69 Å². The van der Waals surface area contributed by atoms with E-state index in [9.17, 15) is 4.91 Å². The Morgan fingerprint density at radius 3 is 3.00 bits per heavy atom. The molecule has 5 heteroatoms. The van der Waals surface area contributed by atoms with Crippen molar-refractivity contribution in [3.05, 3.63) is 29.2 Å². The zero-order chi connectivity index (χ0) is 8.55. The van der Waals surface area contributed by atoms with Crippen LogP contribution < -0.4 is 0 Å². The van der Waals surface area contributed by atoms with Gasteiger partial charge in [0.05, 0.1) is 4.76 Å². The van der Waals surface area contributed by atoms with Gasteiger partial charge in [-0.2, -0.15) is 0 Å². The lowest BCUT2D eigenvalue weighted by Crippen LogP contribution is -2.18. The first-order chi connectivity index (χ1) is 5.79. The highest BCUT2D eigenvalue weighted by molar-refractivity contribution is 5.56. The van der Waals surface area contributed by atoms with E-state index in [1.54, 1.807) is 24.3 Å². The number of nitroso groups, excluding NO2 is 1. The largest absolute Gasteiger partial charge is 0.427 e. The number of para-hydroxylation sites is 1. The molecule has 0 spiro atoms. The van der Waals surface area contributed by atoms with Gasteiger partial charge in [0, 0.05) is 11.0 Å². The standard InChI is InChI=1S/C7H6N3O2/c11-7-9-8-5-3-1-2-4-6(5)10(7)12/h1-4,7,11H/q+1. The first kappa shape index (κ1) is 7.05. The molecule has 0 bridgehead atoms. The Kier molecular flexibility index (Phi) is 1.44. The van der Waals surface area contributed by atoms with Crippen LogP contribution in [0.4, 0.5) is 11.4 Å². The molecule has 0 amide bonds. The summed E-state index contributed by atoms with van der Waals surface area (Å²) >= 11 is 0. The molecule has 1 atom stereocenters. The fourth-order valence-corrected chi connectivity index (χ4v) is 1.02. The Bertz CT molecular complexity index is 361. The molecule has 5 nitrogen and oxygen atoms in total. The molecule has 0 fully saturated rings. The minimum Gasteiger partial charge on any atom is -0.313 e. The fourth-order valence-electron chi connectivity index (χ4n) is 1.02. The smallest absolute Gasteiger partial charge is 0.313 e. The number of hydrogen-bond acceptors (Lipinski definition) is 4. The highest BCUT2D eigenvalue weighted by Gasteiger charge is 2.31. The van der Waals surface area contributed by atoms with Gasteiger partial charge in [-0.1, -0.05) is 17.2 Å². The van der Waals surface area contributed by atoms with Gasteiger partial charge in [-0.15, -0.1) is 5.11 Å². The molecule has 0 saturated heterocycles. The third-order valence-electron chi connectivity index (χ3n) is 1.60. The highest BCUT2D eigenvalue weighted by atomic mass is 16.4. The van der Waals surface area contributed by atoms with E-state index in [-0.39, 0.29) is 0 Å². The molecule has 1 unspecified atom stereocenters. The maximum absolute atomic E-state index is 11.1. The molecule has 1 aromatic rings. The Morgan fingerprint density at radius 1 is 1.42 bits per heavy atom. The number of aliphatic hydroxyl groups is 1. The Balaban J connectivity index is 2.59. The average Bonchev–Trinajstić information content (AvgIpc) is 2.12.